The molecule has 0 radical (unpaired) electrons. The number of aliphatic hydroxyl groups excluding tert-OH is 3. The van der Waals surface area contributed by atoms with Crippen LogP contribution in [-0.2, 0) is 15.9 Å². The van der Waals surface area contributed by atoms with Crippen LogP contribution in [0.3, 0.4) is 0 Å². The summed E-state index contributed by atoms with van der Waals surface area (Å²) in [5.41, 5.74) is 4.12. The van der Waals surface area contributed by atoms with Crippen molar-refractivity contribution in [3.63, 3.8) is 0 Å². The minimum atomic E-state index is -1.18. The van der Waals surface area contributed by atoms with Gasteiger partial charge in [0.1, 0.15) is 24.1 Å². The molecule has 2 aliphatic heterocycles. The van der Waals surface area contributed by atoms with Crippen LogP contribution in [-0.4, -0.2) is 65.0 Å². The molecule has 8 heteroatoms. The minimum Gasteiger partial charge on any atom is -0.487 e. The number of rotatable bonds is 7. The van der Waals surface area contributed by atoms with E-state index in [1.807, 2.05) is 6.07 Å². The highest BCUT2D eigenvalue weighted by molar-refractivity contribution is 5.51. The maximum atomic E-state index is 10.8. The maximum Gasteiger partial charge on any atom is 0.127 e. The number of nitriles is 1. The van der Waals surface area contributed by atoms with Crippen LogP contribution >= 0.6 is 0 Å². The van der Waals surface area contributed by atoms with Gasteiger partial charge in [-0.1, -0.05) is 38.1 Å². The Balaban J connectivity index is 0.00000342. The molecule has 5 atom stereocenters. The van der Waals surface area contributed by atoms with Gasteiger partial charge in [0.05, 0.1) is 43.7 Å². The first kappa shape index (κ1) is 27.1. The second-order valence-corrected chi connectivity index (χ2v) is 9.49. The SMILES string of the molecule is CC(C)c1ccc(Cc2cc([C@@H]3O[C@H](CO)C[C@H](O)[C@H]3O)c(O[C@@H]3CCOC3)cc2C#N)cc1.O. The van der Waals surface area contributed by atoms with Gasteiger partial charge in [-0.2, -0.15) is 5.26 Å². The lowest BCUT2D eigenvalue weighted by molar-refractivity contribution is -0.180. The minimum absolute atomic E-state index is 0. The molecule has 2 fully saturated rings. The van der Waals surface area contributed by atoms with Crippen LogP contribution in [0.1, 0.15) is 66.5 Å². The smallest absolute Gasteiger partial charge is 0.127 e. The third-order valence-corrected chi connectivity index (χ3v) is 6.64. The molecule has 2 aromatic rings. The summed E-state index contributed by atoms with van der Waals surface area (Å²) in [6.07, 6.45) is -2.50. The van der Waals surface area contributed by atoms with E-state index < -0.39 is 24.4 Å². The summed E-state index contributed by atoms with van der Waals surface area (Å²) in [7, 11) is 0. The quantitative estimate of drug-likeness (QED) is 0.545. The molecular weight excluding hydrogens is 450 g/mol. The molecule has 2 heterocycles. The number of hydrogen-bond acceptors (Lipinski definition) is 7. The Morgan fingerprint density at radius 3 is 2.51 bits per heavy atom. The van der Waals surface area contributed by atoms with Gasteiger partial charge in [0.2, 0.25) is 0 Å². The molecule has 2 aliphatic rings. The molecule has 0 amide bonds. The van der Waals surface area contributed by atoms with Crippen molar-refractivity contribution in [3.05, 3.63) is 64.2 Å². The summed E-state index contributed by atoms with van der Waals surface area (Å²) in [6, 6.07) is 14.1. The Morgan fingerprint density at radius 1 is 1.17 bits per heavy atom. The Morgan fingerprint density at radius 2 is 1.91 bits per heavy atom. The summed E-state index contributed by atoms with van der Waals surface area (Å²) in [5.74, 6) is 0.864. The van der Waals surface area contributed by atoms with Crippen LogP contribution in [0.5, 0.6) is 5.75 Å². The van der Waals surface area contributed by atoms with Crippen molar-refractivity contribution in [2.24, 2.45) is 0 Å². The summed E-state index contributed by atoms with van der Waals surface area (Å²) in [6.45, 7) is 5.07. The predicted octanol–water partition coefficient (Wildman–Crippen LogP) is 2.16. The van der Waals surface area contributed by atoms with Crippen LogP contribution in [0, 0.1) is 11.3 Å². The van der Waals surface area contributed by atoms with E-state index in [9.17, 15) is 20.6 Å². The first-order valence-electron chi connectivity index (χ1n) is 11.9. The van der Waals surface area contributed by atoms with Gasteiger partial charge in [-0.3, -0.25) is 0 Å². The molecular formula is C27H35NO7. The second kappa shape index (κ2) is 12.0. The second-order valence-electron chi connectivity index (χ2n) is 9.49. The molecule has 2 aromatic carbocycles. The van der Waals surface area contributed by atoms with Crippen molar-refractivity contribution in [1.82, 2.24) is 0 Å². The average molecular weight is 486 g/mol. The van der Waals surface area contributed by atoms with Gasteiger partial charge in [0.15, 0.2) is 0 Å². The monoisotopic (exact) mass is 485 g/mol. The number of nitrogens with zero attached hydrogens (tertiary/aromatic N) is 1. The first-order chi connectivity index (χ1) is 16.4. The zero-order chi connectivity index (χ0) is 24.2. The summed E-state index contributed by atoms with van der Waals surface area (Å²) in [4.78, 5) is 0. The lowest BCUT2D eigenvalue weighted by Gasteiger charge is -2.37. The topological polar surface area (TPSA) is 144 Å². The fourth-order valence-corrected chi connectivity index (χ4v) is 4.57. The van der Waals surface area contributed by atoms with E-state index in [2.05, 4.69) is 44.2 Å². The zero-order valence-electron chi connectivity index (χ0n) is 20.2. The Bertz CT molecular complexity index is 1010. The third kappa shape index (κ3) is 6.19. The van der Waals surface area contributed by atoms with Gasteiger partial charge >= 0.3 is 0 Å². The van der Waals surface area contributed by atoms with E-state index in [0.717, 1.165) is 17.5 Å². The normalized spacial score (nSPS) is 26.3. The van der Waals surface area contributed by atoms with Gasteiger partial charge in [0, 0.05) is 18.4 Å². The van der Waals surface area contributed by atoms with Gasteiger partial charge in [-0.25, -0.2) is 0 Å². The molecule has 8 nitrogen and oxygen atoms in total. The molecule has 0 unspecified atom stereocenters. The van der Waals surface area contributed by atoms with Crippen LogP contribution < -0.4 is 4.74 Å². The molecule has 35 heavy (non-hydrogen) atoms. The van der Waals surface area contributed by atoms with Crippen LogP contribution in [0.15, 0.2) is 36.4 Å². The van der Waals surface area contributed by atoms with Gasteiger partial charge in [-0.05, 0) is 41.2 Å². The fourth-order valence-electron chi connectivity index (χ4n) is 4.57. The molecule has 4 rings (SSSR count). The highest BCUT2D eigenvalue weighted by atomic mass is 16.6. The van der Waals surface area contributed by atoms with E-state index in [1.165, 1.54) is 5.56 Å². The molecule has 0 saturated carbocycles. The summed E-state index contributed by atoms with van der Waals surface area (Å²) >= 11 is 0. The van der Waals surface area contributed by atoms with Crippen LogP contribution in [0.25, 0.3) is 0 Å². The van der Waals surface area contributed by atoms with Crippen molar-refractivity contribution in [2.75, 3.05) is 19.8 Å². The van der Waals surface area contributed by atoms with Crippen molar-refractivity contribution in [1.29, 1.82) is 5.26 Å². The van der Waals surface area contributed by atoms with Crippen molar-refractivity contribution < 1.29 is 35.0 Å². The number of benzene rings is 2. The largest absolute Gasteiger partial charge is 0.487 e. The van der Waals surface area contributed by atoms with Crippen LogP contribution in [0.2, 0.25) is 0 Å². The summed E-state index contributed by atoms with van der Waals surface area (Å²) < 4.78 is 17.6. The Kier molecular flexibility index (Phi) is 9.25. The van der Waals surface area contributed by atoms with E-state index in [0.29, 0.717) is 42.4 Å². The van der Waals surface area contributed by atoms with Gasteiger partial charge < -0.3 is 35.0 Å². The highest BCUT2D eigenvalue weighted by Crippen LogP contribution is 2.39. The lowest BCUT2D eigenvalue weighted by Crippen LogP contribution is -2.44. The van der Waals surface area contributed by atoms with Gasteiger partial charge in [0.25, 0.3) is 0 Å². The number of ether oxygens (including phenoxy) is 3. The molecule has 0 aromatic heterocycles. The fraction of sp³-hybridized carbons (Fsp3) is 0.519. The van der Waals surface area contributed by atoms with E-state index in [1.54, 1.807) is 6.07 Å². The van der Waals surface area contributed by atoms with E-state index in [-0.39, 0.29) is 24.6 Å². The number of aliphatic hydroxyl groups is 3. The Hall–Kier alpha value is -2.51. The maximum absolute atomic E-state index is 10.8. The molecule has 0 aliphatic carbocycles. The van der Waals surface area contributed by atoms with Crippen LogP contribution in [0.4, 0.5) is 0 Å². The third-order valence-electron chi connectivity index (χ3n) is 6.64. The molecule has 2 saturated heterocycles. The van der Waals surface area contributed by atoms with Crippen molar-refractivity contribution >= 4 is 0 Å². The molecule has 0 bridgehead atoms. The average Bonchev–Trinajstić information content (AvgIpc) is 3.35. The zero-order valence-corrected chi connectivity index (χ0v) is 20.2. The molecule has 190 valence electrons. The van der Waals surface area contributed by atoms with E-state index in [4.69, 9.17) is 14.2 Å². The summed E-state index contributed by atoms with van der Waals surface area (Å²) in [5, 5.41) is 40.7. The Labute approximate surface area is 206 Å². The lowest BCUT2D eigenvalue weighted by atomic mass is 9.89. The van der Waals surface area contributed by atoms with Crippen molar-refractivity contribution in [2.45, 2.75) is 69.5 Å². The molecule has 5 N–H and O–H groups in total. The highest BCUT2D eigenvalue weighted by Gasteiger charge is 2.39. The standard InChI is InChI=1S/C27H33NO6.H2O/c1-16(2)18-5-3-17(4-6-18)9-19-10-23(27-26(31)24(30)12-22(14-29)34-27)25(11-20(19)13-28)33-21-7-8-32-15-21;/h3-6,10-11,16,21-22,24,26-27,29-31H,7-9,12,14-15H2,1-2H3;1H2/t21-,22+,24+,26-,27+;/m1./s1. The predicted molar refractivity (Wildman–Crippen MR) is 129 cm³/mol. The molecule has 0 spiro atoms. The first-order valence-corrected chi connectivity index (χ1v) is 11.9. The van der Waals surface area contributed by atoms with E-state index >= 15 is 0 Å². The number of hydrogen-bond donors (Lipinski definition) is 3. The van der Waals surface area contributed by atoms with Gasteiger partial charge in [-0.15, -0.1) is 0 Å². The van der Waals surface area contributed by atoms with Crippen molar-refractivity contribution in [3.8, 4) is 11.8 Å².